The van der Waals surface area contributed by atoms with Crippen LogP contribution < -0.4 is 4.74 Å². The lowest BCUT2D eigenvalue weighted by Gasteiger charge is -2.32. The molecule has 23 heavy (non-hydrogen) atoms. The number of hydrogen-bond donors (Lipinski definition) is 0. The van der Waals surface area contributed by atoms with E-state index in [0.29, 0.717) is 0 Å². The van der Waals surface area contributed by atoms with Gasteiger partial charge in [-0.3, -0.25) is 0 Å². The molecule has 1 saturated heterocycles. The van der Waals surface area contributed by atoms with Crippen molar-refractivity contribution in [1.29, 1.82) is 0 Å². The van der Waals surface area contributed by atoms with E-state index in [1.165, 1.54) is 63.1 Å². The minimum atomic E-state index is 0.819. The summed E-state index contributed by atoms with van der Waals surface area (Å²) >= 11 is 0. The van der Waals surface area contributed by atoms with Gasteiger partial charge in [-0.2, -0.15) is 0 Å². The first-order valence-corrected chi connectivity index (χ1v) is 9.38. The molecule has 0 aromatic heterocycles. The Bertz CT molecular complexity index is 453. The van der Waals surface area contributed by atoms with Crippen LogP contribution >= 0.6 is 0 Å². The third-order valence-electron chi connectivity index (χ3n) is 4.64. The van der Waals surface area contributed by atoms with Crippen molar-refractivity contribution in [3.63, 3.8) is 0 Å². The monoisotopic (exact) mass is 318 g/mol. The molecule has 1 aliphatic heterocycles. The molecule has 0 bridgehead atoms. The zero-order valence-corrected chi connectivity index (χ0v) is 15.3. The van der Waals surface area contributed by atoms with Crippen LogP contribution in [-0.2, 0) is 12.8 Å². The van der Waals surface area contributed by atoms with E-state index >= 15 is 0 Å². The number of aryl methyl sites for hydroxylation is 2. The number of likely N-dealkylation sites (N-methyl/N-ethyl adjacent to an activating group) is 1. The summed E-state index contributed by atoms with van der Waals surface area (Å²) in [5, 5.41) is 0. The van der Waals surface area contributed by atoms with Gasteiger partial charge < -0.3 is 14.5 Å². The van der Waals surface area contributed by atoms with E-state index in [1.807, 2.05) is 0 Å². The van der Waals surface area contributed by atoms with Gasteiger partial charge in [-0.25, -0.2) is 0 Å². The molecule has 1 heterocycles. The van der Waals surface area contributed by atoms with Crippen LogP contribution in [0.1, 0.15) is 44.2 Å². The van der Waals surface area contributed by atoms with Gasteiger partial charge in [0.2, 0.25) is 0 Å². The minimum absolute atomic E-state index is 0.819. The summed E-state index contributed by atoms with van der Waals surface area (Å²) in [5.74, 6) is 1.09. The van der Waals surface area contributed by atoms with Gasteiger partial charge in [0.25, 0.3) is 0 Å². The molecule has 3 heteroatoms. The Morgan fingerprint density at radius 3 is 2.48 bits per heavy atom. The molecule has 0 amide bonds. The summed E-state index contributed by atoms with van der Waals surface area (Å²) in [4.78, 5) is 5.02. The second-order valence-corrected chi connectivity index (χ2v) is 6.79. The first-order chi connectivity index (χ1) is 11.2. The van der Waals surface area contributed by atoms with Crippen LogP contribution in [0.4, 0.5) is 0 Å². The van der Waals surface area contributed by atoms with E-state index in [9.17, 15) is 0 Å². The molecular weight excluding hydrogens is 284 g/mol. The molecule has 0 saturated carbocycles. The van der Waals surface area contributed by atoms with Gasteiger partial charge in [0.1, 0.15) is 5.75 Å². The Morgan fingerprint density at radius 2 is 1.78 bits per heavy atom. The van der Waals surface area contributed by atoms with E-state index in [-0.39, 0.29) is 0 Å². The van der Waals surface area contributed by atoms with Crippen molar-refractivity contribution in [3.8, 4) is 5.75 Å². The minimum Gasteiger partial charge on any atom is -0.493 e. The fourth-order valence-corrected chi connectivity index (χ4v) is 3.18. The predicted molar refractivity (Wildman–Crippen MR) is 98.5 cm³/mol. The Morgan fingerprint density at radius 1 is 1.00 bits per heavy atom. The maximum absolute atomic E-state index is 5.89. The zero-order chi connectivity index (χ0) is 16.5. The van der Waals surface area contributed by atoms with Crippen molar-refractivity contribution in [2.75, 3.05) is 46.4 Å². The Kier molecular flexibility index (Phi) is 7.90. The molecule has 3 nitrogen and oxygen atoms in total. The van der Waals surface area contributed by atoms with Crippen molar-refractivity contribution in [2.45, 2.75) is 46.0 Å². The highest BCUT2D eigenvalue weighted by Crippen LogP contribution is 2.23. The summed E-state index contributed by atoms with van der Waals surface area (Å²) in [5.41, 5.74) is 2.85. The third kappa shape index (κ3) is 6.15. The quantitative estimate of drug-likeness (QED) is 0.692. The van der Waals surface area contributed by atoms with Gasteiger partial charge in [-0.05, 0) is 56.5 Å². The highest BCUT2D eigenvalue weighted by atomic mass is 16.5. The topological polar surface area (TPSA) is 15.7 Å². The van der Waals surface area contributed by atoms with Crippen molar-refractivity contribution < 1.29 is 4.74 Å². The summed E-state index contributed by atoms with van der Waals surface area (Å²) < 4.78 is 5.89. The lowest BCUT2D eigenvalue weighted by atomic mass is 10.0. The fourth-order valence-electron chi connectivity index (χ4n) is 3.18. The van der Waals surface area contributed by atoms with Crippen molar-refractivity contribution in [1.82, 2.24) is 9.80 Å². The molecule has 0 N–H and O–H groups in total. The average Bonchev–Trinajstić information content (AvgIpc) is 2.56. The molecular formula is C20H34N2O. The van der Waals surface area contributed by atoms with E-state index in [2.05, 4.69) is 48.9 Å². The van der Waals surface area contributed by atoms with Gasteiger partial charge in [0.05, 0.1) is 6.61 Å². The molecule has 2 rings (SSSR count). The Hall–Kier alpha value is -1.06. The van der Waals surface area contributed by atoms with Crippen LogP contribution in [-0.4, -0.2) is 56.2 Å². The van der Waals surface area contributed by atoms with Crippen LogP contribution in [0.25, 0.3) is 0 Å². The summed E-state index contributed by atoms with van der Waals surface area (Å²) in [6.45, 7) is 11.3. The molecule has 0 unspecified atom stereocenters. The standard InChI is InChI=1S/C20H34N2O/c1-4-7-19-17-18(9-10-20(19)23-16-5-2)8-6-11-22-14-12-21(3)13-15-22/h9-10,17H,4-8,11-16H2,1-3H3. The van der Waals surface area contributed by atoms with Crippen LogP contribution in [0, 0.1) is 0 Å². The third-order valence-corrected chi connectivity index (χ3v) is 4.64. The van der Waals surface area contributed by atoms with Crippen molar-refractivity contribution in [2.24, 2.45) is 0 Å². The number of hydrogen-bond acceptors (Lipinski definition) is 3. The predicted octanol–water partition coefficient (Wildman–Crippen LogP) is 3.61. The van der Waals surface area contributed by atoms with Gasteiger partial charge >= 0.3 is 0 Å². The van der Waals surface area contributed by atoms with Crippen molar-refractivity contribution in [3.05, 3.63) is 29.3 Å². The lowest BCUT2D eigenvalue weighted by molar-refractivity contribution is 0.153. The fraction of sp³-hybridized carbons (Fsp3) is 0.700. The molecule has 0 atom stereocenters. The maximum Gasteiger partial charge on any atom is 0.122 e. The SMILES string of the molecule is CCCOc1ccc(CCCN2CCN(C)CC2)cc1CCC. The Labute approximate surface area is 142 Å². The summed E-state index contributed by atoms with van der Waals surface area (Å²) in [7, 11) is 2.22. The van der Waals surface area contributed by atoms with Crippen LogP contribution in [0.5, 0.6) is 5.75 Å². The van der Waals surface area contributed by atoms with E-state index in [1.54, 1.807) is 0 Å². The van der Waals surface area contributed by atoms with Gasteiger partial charge in [-0.15, -0.1) is 0 Å². The van der Waals surface area contributed by atoms with Crippen LogP contribution in [0.2, 0.25) is 0 Å². The lowest BCUT2D eigenvalue weighted by Crippen LogP contribution is -2.44. The first-order valence-electron chi connectivity index (χ1n) is 9.38. The molecule has 1 aromatic rings. The number of piperazine rings is 1. The van der Waals surface area contributed by atoms with Crippen LogP contribution in [0.15, 0.2) is 18.2 Å². The number of rotatable bonds is 9. The van der Waals surface area contributed by atoms with E-state index in [4.69, 9.17) is 4.74 Å². The highest BCUT2D eigenvalue weighted by Gasteiger charge is 2.13. The second kappa shape index (κ2) is 9.94. The molecule has 0 radical (unpaired) electrons. The van der Waals surface area contributed by atoms with E-state index in [0.717, 1.165) is 25.2 Å². The molecule has 1 aliphatic rings. The van der Waals surface area contributed by atoms with Crippen LogP contribution in [0.3, 0.4) is 0 Å². The second-order valence-electron chi connectivity index (χ2n) is 6.79. The number of nitrogens with zero attached hydrogens (tertiary/aromatic N) is 2. The highest BCUT2D eigenvalue weighted by molar-refractivity contribution is 5.37. The number of benzene rings is 1. The molecule has 130 valence electrons. The maximum atomic E-state index is 5.89. The van der Waals surface area contributed by atoms with Crippen molar-refractivity contribution >= 4 is 0 Å². The summed E-state index contributed by atoms with van der Waals surface area (Å²) in [6.07, 6.45) is 5.79. The average molecular weight is 319 g/mol. The van der Waals surface area contributed by atoms with Gasteiger partial charge in [-0.1, -0.05) is 32.4 Å². The molecule has 0 aliphatic carbocycles. The molecule has 1 fully saturated rings. The van der Waals surface area contributed by atoms with E-state index < -0.39 is 0 Å². The van der Waals surface area contributed by atoms with Gasteiger partial charge in [0, 0.05) is 26.2 Å². The smallest absolute Gasteiger partial charge is 0.122 e. The largest absolute Gasteiger partial charge is 0.493 e. The number of ether oxygens (including phenoxy) is 1. The Balaban J connectivity index is 1.83. The summed E-state index contributed by atoms with van der Waals surface area (Å²) in [6, 6.07) is 6.82. The molecule has 1 aromatic carbocycles. The molecule has 0 spiro atoms. The normalized spacial score (nSPS) is 16.7. The zero-order valence-electron chi connectivity index (χ0n) is 15.3. The first kappa shape index (κ1) is 18.3. The van der Waals surface area contributed by atoms with Gasteiger partial charge in [0.15, 0.2) is 0 Å².